The van der Waals surface area contributed by atoms with Crippen molar-refractivity contribution in [3.05, 3.63) is 70.3 Å². The van der Waals surface area contributed by atoms with Gasteiger partial charge in [-0.3, -0.25) is 15.0 Å². The maximum atomic E-state index is 13.0. The van der Waals surface area contributed by atoms with E-state index in [1.807, 2.05) is 49.9 Å². The van der Waals surface area contributed by atoms with Crippen molar-refractivity contribution < 1.29 is 9.59 Å². The number of aryl methyl sites for hydroxylation is 3. The molecular formula is C28H36N4O2. The van der Waals surface area contributed by atoms with Crippen LogP contribution in [0.15, 0.2) is 47.5 Å². The molecule has 2 aromatic carbocycles. The number of nitrogens with one attached hydrogen (secondary N) is 1. The molecule has 0 spiro atoms. The van der Waals surface area contributed by atoms with Gasteiger partial charge in [-0.1, -0.05) is 42.8 Å². The number of aliphatic imine (C=N–C) groups is 1. The minimum absolute atomic E-state index is 0.0160. The Morgan fingerprint density at radius 1 is 1.12 bits per heavy atom. The van der Waals surface area contributed by atoms with Crippen LogP contribution in [0.25, 0.3) is 0 Å². The lowest BCUT2D eigenvalue weighted by atomic mass is 9.97. The summed E-state index contributed by atoms with van der Waals surface area (Å²) in [5.74, 6) is -0.477. The number of carbonyl (C=O) groups is 2. The maximum Gasteiger partial charge on any atom is 0.291 e. The third-order valence-corrected chi connectivity index (χ3v) is 6.65. The summed E-state index contributed by atoms with van der Waals surface area (Å²) in [5.41, 5.74) is 5.37. The third-order valence-electron chi connectivity index (χ3n) is 6.65. The molecule has 1 N–H and O–H groups in total. The van der Waals surface area contributed by atoms with Crippen LogP contribution in [-0.2, 0) is 11.2 Å². The highest BCUT2D eigenvalue weighted by molar-refractivity contribution is 6.37. The number of hydrogen-bond donors (Lipinski definition) is 1. The zero-order valence-corrected chi connectivity index (χ0v) is 21.0. The first-order chi connectivity index (χ1) is 16.2. The quantitative estimate of drug-likeness (QED) is 0.523. The summed E-state index contributed by atoms with van der Waals surface area (Å²) < 4.78 is 0. The van der Waals surface area contributed by atoms with Gasteiger partial charge in [0.15, 0.2) is 0 Å². The molecule has 0 aromatic heterocycles. The molecule has 0 radical (unpaired) electrons. The van der Waals surface area contributed by atoms with Crippen LogP contribution >= 0.6 is 0 Å². The van der Waals surface area contributed by atoms with E-state index in [0.717, 1.165) is 24.0 Å². The molecule has 0 saturated carbocycles. The smallest absolute Gasteiger partial charge is 0.291 e. The number of rotatable bonds is 5. The predicted molar refractivity (Wildman–Crippen MR) is 138 cm³/mol. The SMILES string of the molecule is CCC(C=NC(=N)C(=O)N1CCN(C(=O)c2ccc(C)c(C)c2)C(C)C1)Cc1cccc(C)c1. The fourth-order valence-electron chi connectivity index (χ4n) is 4.31. The van der Waals surface area contributed by atoms with E-state index in [2.05, 4.69) is 37.0 Å². The van der Waals surface area contributed by atoms with Crippen LogP contribution in [0.2, 0.25) is 0 Å². The number of amidine groups is 1. The van der Waals surface area contributed by atoms with Gasteiger partial charge < -0.3 is 9.80 Å². The average Bonchev–Trinajstić information content (AvgIpc) is 2.82. The monoisotopic (exact) mass is 460 g/mol. The lowest BCUT2D eigenvalue weighted by Crippen LogP contribution is -2.56. The summed E-state index contributed by atoms with van der Waals surface area (Å²) in [6.45, 7) is 11.4. The van der Waals surface area contributed by atoms with Crippen LogP contribution in [0.5, 0.6) is 0 Å². The average molecular weight is 461 g/mol. The third kappa shape index (κ3) is 6.19. The van der Waals surface area contributed by atoms with Crippen LogP contribution in [0, 0.1) is 32.1 Å². The number of benzene rings is 2. The Hall–Kier alpha value is -3.28. The Balaban J connectivity index is 1.58. The molecule has 6 nitrogen and oxygen atoms in total. The maximum absolute atomic E-state index is 13.0. The van der Waals surface area contributed by atoms with Gasteiger partial charge in [-0.05, 0) is 75.3 Å². The van der Waals surface area contributed by atoms with Gasteiger partial charge in [-0.25, -0.2) is 4.99 Å². The standard InChI is InChI=1S/C28H36N4O2/c1-6-23(16-24-9-7-8-19(2)14-24)17-30-26(29)28(34)31-12-13-32(22(5)18-31)27(33)25-11-10-20(3)21(4)15-25/h7-11,14-15,17,22-23,29H,6,12-13,16,18H2,1-5H3. The van der Waals surface area contributed by atoms with Crippen molar-refractivity contribution in [1.82, 2.24) is 9.80 Å². The molecule has 3 rings (SSSR count). The molecule has 0 bridgehead atoms. The van der Waals surface area contributed by atoms with Gasteiger partial charge in [0.1, 0.15) is 0 Å². The molecule has 180 valence electrons. The number of amides is 2. The van der Waals surface area contributed by atoms with E-state index < -0.39 is 0 Å². The fourth-order valence-corrected chi connectivity index (χ4v) is 4.31. The molecule has 1 aliphatic rings. The molecule has 1 aliphatic heterocycles. The summed E-state index contributed by atoms with van der Waals surface area (Å²) >= 11 is 0. The van der Waals surface area contributed by atoms with E-state index in [9.17, 15) is 9.59 Å². The molecule has 0 aliphatic carbocycles. The first kappa shape index (κ1) is 25.3. The molecule has 2 atom stereocenters. The molecule has 1 saturated heterocycles. The van der Waals surface area contributed by atoms with Gasteiger partial charge in [-0.15, -0.1) is 0 Å². The van der Waals surface area contributed by atoms with Crippen LogP contribution in [-0.4, -0.2) is 59.3 Å². The number of carbonyl (C=O) groups excluding carboxylic acids is 2. The van der Waals surface area contributed by atoms with Crippen LogP contribution in [0.4, 0.5) is 0 Å². The molecule has 1 heterocycles. The Morgan fingerprint density at radius 3 is 2.53 bits per heavy atom. The van der Waals surface area contributed by atoms with Gasteiger partial charge in [0.25, 0.3) is 11.8 Å². The van der Waals surface area contributed by atoms with Gasteiger partial charge in [-0.2, -0.15) is 0 Å². The molecule has 6 heteroatoms. The van der Waals surface area contributed by atoms with Crippen molar-refractivity contribution in [2.75, 3.05) is 19.6 Å². The molecule has 2 amide bonds. The minimum Gasteiger partial charge on any atom is -0.332 e. The molecule has 1 fully saturated rings. The summed E-state index contributed by atoms with van der Waals surface area (Å²) in [7, 11) is 0. The van der Waals surface area contributed by atoms with Crippen LogP contribution in [0.3, 0.4) is 0 Å². The van der Waals surface area contributed by atoms with Crippen LogP contribution < -0.4 is 0 Å². The Morgan fingerprint density at radius 2 is 1.88 bits per heavy atom. The summed E-state index contributed by atoms with van der Waals surface area (Å²) in [6, 6.07) is 14.0. The number of nitrogens with zero attached hydrogens (tertiary/aromatic N) is 3. The van der Waals surface area contributed by atoms with Crippen molar-refractivity contribution in [3.8, 4) is 0 Å². The molecule has 34 heavy (non-hydrogen) atoms. The van der Waals surface area contributed by atoms with E-state index in [1.54, 1.807) is 11.1 Å². The van der Waals surface area contributed by atoms with E-state index in [-0.39, 0.29) is 29.6 Å². The van der Waals surface area contributed by atoms with Crippen molar-refractivity contribution in [2.45, 2.75) is 53.5 Å². The Labute approximate surface area is 203 Å². The first-order valence-electron chi connectivity index (χ1n) is 12.0. The number of piperazine rings is 1. The predicted octanol–water partition coefficient (Wildman–Crippen LogP) is 4.60. The summed E-state index contributed by atoms with van der Waals surface area (Å²) in [6.07, 6.45) is 3.46. The van der Waals surface area contributed by atoms with E-state index >= 15 is 0 Å². The normalized spacial score (nSPS) is 17.1. The van der Waals surface area contributed by atoms with Crippen molar-refractivity contribution >= 4 is 23.9 Å². The second-order valence-electron chi connectivity index (χ2n) is 9.39. The topological polar surface area (TPSA) is 76.8 Å². The van der Waals surface area contributed by atoms with Gasteiger partial charge in [0, 0.05) is 37.5 Å². The highest BCUT2D eigenvalue weighted by atomic mass is 16.2. The van der Waals surface area contributed by atoms with Crippen LogP contribution in [0.1, 0.15) is 52.9 Å². The lowest BCUT2D eigenvalue weighted by molar-refractivity contribution is -0.126. The van der Waals surface area contributed by atoms with Crippen molar-refractivity contribution in [2.24, 2.45) is 10.9 Å². The van der Waals surface area contributed by atoms with Gasteiger partial charge >= 0.3 is 0 Å². The minimum atomic E-state index is -0.383. The first-order valence-corrected chi connectivity index (χ1v) is 12.0. The zero-order valence-electron chi connectivity index (χ0n) is 21.0. The molecule has 2 unspecified atom stereocenters. The second-order valence-corrected chi connectivity index (χ2v) is 9.39. The highest BCUT2D eigenvalue weighted by Gasteiger charge is 2.31. The van der Waals surface area contributed by atoms with Gasteiger partial charge in [0.05, 0.1) is 0 Å². The zero-order chi connectivity index (χ0) is 24.8. The number of hydrogen-bond acceptors (Lipinski definition) is 3. The summed E-state index contributed by atoms with van der Waals surface area (Å²) in [4.78, 5) is 33.6. The Kier molecular flexibility index (Phi) is 8.37. The largest absolute Gasteiger partial charge is 0.332 e. The highest BCUT2D eigenvalue weighted by Crippen LogP contribution is 2.17. The van der Waals surface area contributed by atoms with Gasteiger partial charge in [0.2, 0.25) is 5.84 Å². The molecule has 2 aromatic rings. The summed E-state index contributed by atoms with van der Waals surface area (Å²) in [5, 5.41) is 8.22. The second kappa shape index (κ2) is 11.2. The Bertz CT molecular complexity index is 1090. The molecular weight excluding hydrogens is 424 g/mol. The lowest BCUT2D eigenvalue weighted by Gasteiger charge is -2.39. The van der Waals surface area contributed by atoms with E-state index in [1.165, 1.54) is 11.1 Å². The van der Waals surface area contributed by atoms with E-state index in [0.29, 0.717) is 25.2 Å². The van der Waals surface area contributed by atoms with E-state index in [4.69, 9.17) is 5.41 Å². The van der Waals surface area contributed by atoms with Crippen molar-refractivity contribution in [3.63, 3.8) is 0 Å². The fraction of sp³-hybridized carbons (Fsp3) is 0.429. The van der Waals surface area contributed by atoms with Crippen molar-refractivity contribution in [1.29, 1.82) is 5.41 Å².